The Hall–Kier alpha value is -2.86. The van der Waals surface area contributed by atoms with E-state index in [4.69, 9.17) is 4.74 Å². The number of ether oxygens (including phenoxy) is 1. The van der Waals surface area contributed by atoms with Crippen molar-refractivity contribution in [2.75, 3.05) is 32.6 Å². The predicted octanol–water partition coefficient (Wildman–Crippen LogP) is 3.07. The molecule has 29 heavy (non-hydrogen) atoms. The maximum absolute atomic E-state index is 12.9. The molecule has 1 N–H and O–H groups in total. The van der Waals surface area contributed by atoms with Crippen molar-refractivity contribution in [3.63, 3.8) is 0 Å². The molecule has 154 valence electrons. The third-order valence-electron chi connectivity index (χ3n) is 4.97. The van der Waals surface area contributed by atoms with Crippen LogP contribution in [0.15, 0.2) is 48.5 Å². The molecular formula is C23H29N3O3. The Morgan fingerprint density at radius 2 is 1.69 bits per heavy atom. The van der Waals surface area contributed by atoms with Crippen LogP contribution in [0.1, 0.15) is 24.0 Å². The van der Waals surface area contributed by atoms with Gasteiger partial charge in [-0.2, -0.15) is 0 Å². The number of nitrogens with one attached hydrogen (secondary N) is 1. The molecule has 1 saturated carbocycles. The second-order valence-corrected chi connectivity index (χ2v) is 7.69. The highest BCUT2D eigenvalue weighted by Crippen LogP contribution is 2.29. The third kappa shape index (κ3) is 6.32. The molecule has 2 aromatic rings. The zero-order valence-corrected chi connectivity index (χ0v) is 17.4. The molecule has 6 heteroatoms. The summed E-state index contributed by atoms with van der Waals surface area (Å²) >= 11 is 0. The first-order valence-corrected chi connectivity index (χ1v) is 9.92. The molecule has 6 nitrogen and oxygen atoms in total. The van der Waals surface area contributed by atoms with E-state index >= 15 is 0 Å². The van der Waals surface area contributed by atoms with Crippen molar-refractivity contribution >= 4 is 17.5 Å². The topological polar surface area (TPSA) is 61.9 Å². The van der Waals surface area contributed by atoms with E-state index in [9.17, 15) is 9.59 Å². The molecule has 1 fully saturated rings. The van der Waals surface area contributed by atoms with Crippen LogP contribution in [0.25, 0.3) is 0 Å². The number of likely N-dealkylation sites (N-methyl/N-ethyl adjacent to an activating group) is 1. The number of methoxy groups -OCH3 is 1. The number of benzene rings is 2. The van der Waals surface area contributed by atoms with Crippen LogP contribution < -0.4 is 10.1 Å². The zero-order valence-electron chi connectivity index (χ0n) is 17.4. The number of aryl methyl sites for hydroxylation is 1. The first-order chi connectivity index (χ1) is 13.9. The second kappa shape index (κ2) is 9.56. The van der Waals surface area contributed by atoms with Gasteiger partial charge >= 0.3 is 0 Å². The molecule has 0 heterocycles. The minimum atomic E-state index is -0.128. The lowest BCUT2D eigenvalue weighted by Gasteiger charge is -2.25. The van der Waals surface area contributed by atoms with E-state index in [2.05, 4.69) is 5.32 Å². The molecule has 0 aliphatic heterocycles. The van der Waals surface area contributed by atoms with E-state index in [0.717, 1.165) is 35.4 Å². The molecule has 1 aliphatic carbocycles. The van der Waals surface area contributed by atoms with Crippen LogP contribution in [-0.2, 0) is 16.1 Å². The van der Waals surface area contributed by atoms with Gasteiger partial charge in [-0.15, -0.1) is 0 Å². The van der Waals surface area contributed by atoms with Crippen molar-refractivity contribution in [3.05, 3.63) is 59.7 Å². The van der Waals surface area contributed by atoms with Crippen molar-refractivity contribution in [2.24, 2.45) is 0 Å². The molecule has 2 amide bonds. The van der Waals surface area contributed by atoms with Gasteiger partial charge in [0.05, 0.1) is 20.2 Å². The third-order valence-corrected chi connectivity index (χ3v) is 4.97. The summed E-state index contributed by atoms with van der Waals surface area (Å²) in [6.07, 6.45) is 2.08. The van der Waals surface area contributed by atoms with Crippen LogP contribution >= 0.6 is 0 Å². The highest BCUT2D eigenvalue weighted by Gasteiger charge is 2.32. The fourth-order valence-corrected chi connectivity index (χ4v) is 3.19. The molecule has 0 spiro atoms. The SMILES string of the molecule is COc1ccc(CN(C(=O)CN(C)CC(=O)Nc2ccc(C)cc2)C2CC2)cc1. The number of carbonyl (C=O) groups is 2. The van der Waals surface area contributed by atoms with Crippen LogP contribution in [0.3, 0.4) is 0 Å². The van der Waals surface area contributed by atoms with Gasteiger partial charge in [0.25, 0.3) is 0 Å². The van der Waals surface area contributed by atoms with E-state index in [1.165, 1.54) is 0 Å². The maximum atomic E-state index is 12.9. The van der Waals surface area contributed by atoms with Crippen molar-refractivity contribution in [1.82, 2.24) is 9.80 Å². The lowest BCUT2D eigenvalue weighted by atomic mass is 10.2. The Balaban J connectivity index is 1.52. The minimum absolute atomic E-state index is 0.0500. The summed E-state index contributed by atoms with van der Waals surface area (Å²) in [6, 6.07) is 15.8. The van der Waals surface area contributed by atoms with E-state index < -0.39 is 0 Å². The summed E-state index contributed by atoms with van der Waals surface area (Å²) < 4.78 is 5.19. The molecule has 0 atom stereocenters. The Bertz CT molecular complexity index is 829. The van der Waals surface area contributed by atoms with E-state index in [1.54, 1.807) is 19.1 Å². The predicted molar refractivity (Wildman–Crippen MR) is 114 cm³/mol. The first kappa shape index (κ1) is 20.9. The lowest BCUT2D eigenvalue weighted by molar-refractivity contribution is -0.133. The van der Waals surface area contributed by atoms with Crippen LogP contribution in [0.2, 0.25) is 0 Å². The van der Waals surface area contributed by atoms with Crippen LogP contribution in [0.4, 0.5) is 5.69 Å². The largest absolute Gasteiger partial charge is 0.497 e. The number of hydrogen-bond donors (Lipinski definition) is 1. The summed E-state index contributed by atoms with van der Waals surface area (Å²) in [5.41, 5.74) is 2.98. The molecule has 0 bridgehead atoms. The first-order valence-electron chi connectivity index (χ1n) is 9.92. The van der Waals surface area contributed by atoms with Crippen molar-refractivity contribution in [3.8, 4) is 5.75 Å². The van der Waals surface area contributed by atoms with Crippen LogP contribution in [0.5, 0.6) is 5.75 Å². The molecule has 0 radical (unpaired) electrons. The van der Waals surface area contributed by atoms with Gasteiger partial charge < -0.3 is 15.0 Å². The second-order valence-electron chi connectivity index (χ2n) is 7.69. The lowest BCUT2D eigenvalue weighted by Crippen LogP contribution is -2.42. The number of anilines is 1. The number of carbonyl (C=O) groups excluding carboxylic acids is 2. The van der Waals surface area contributed by atoms with Gasteiger partial charge in [0.1, 0.15) is 5.75 Å². The number of amides is 2. The molecule has 1 aliphatic rings. The fraction of sp³-hybridized carbons (Fsp3) is 0.391. The Morgan fingerprint density at radius 1 is 1.03 bits per heavy atom. The average molecular weight is 396 g/mol. The molecule has 3 rings (SSSR count). The molecule has 0 aromatic heterocycles. The molecule has 2 aromatic carbocycles. The summed E-state index contributed by atoms with van der Waals surface area (Å²) in [4.78, 5) is 28.8. The normalized spacial score (nSPS) is 13.2. The van der Waals surface area contributed by atoms with Gasteiger partial charge in [0.2, 0.25) is 11.8 Å². The average Bonchev–Trinajstić information content (AvgIpc) is 3.53. The Labute approximate surface area is 172 Å². The summed E-state index contributed by atoms with van der Waals surface area (Å²) in [5, 5.41) is 2.87. The smallest absolute Gasteiger partial charge is 0.238 e. The zero-order chi connectivity index (χ0) is 20.8. The monoisotopic (exact) mass is 395 g/mol. The van der Waals surface area contributed by atoms with E-state index in [-0.39, 0.29) is 24.9 Å². The summed E-state index contributed by atoms with van der Waals surface area (Å²) in [7, 11) is 3.44. The summed E-state index contributed by atoms with van der Waals surface area (Å²) in [6.45, 7) is 2.97. The quantitative estimate of drug-likeness (QED) is 0.709. The highest BCUT2D eigenvalue weighted by molar-refractivity contribution is 5.92. The van der Waals surface area contributed by atoms with Gasteiger partial charge in [-0.1, -0.05) is 29.8 Å². The van der Waals surface area contributed by atoms with Gasteiger partial charge in [-0.3, -0.25) is 14.5 Å². The van der Waals surface area contributed by atoms with E-state index in [0.29, 0.717) is 12.6 Å². The Kier molecular flexibility index (Phi) is 6.88. The number of rotatable bonds is 9. The van der Waals surface area contributed by atoms with Gasteiger partial charge in [0.15, 0.2) is 0 Å². The number of hydrogen-bond acceptors (Lipinski definition) is 4. The van der Waals surface area contributed by atoms with Crippen LogP contribution in [-0.4, -0.2) is 54.9 Å². The highest BCUT2D eigenvalue weighted by atomic mass is 16.5. The van der Waals surface area contributed by atoms with Gasteiger partial charge in [-0.05, 0) is 56.6 Å². The maximum Gasteiger partial charge on any atom is 0.238 e. The molecular weight excluding hydrogens is 366 g/mol. The van der Waals surface area contributed by atoms with E-state index in [1.807, 2.05) is 60.4 Å². The standard InChI is InChI=1S/C23H29N3O3/c1-17-4-8-19(9-5-17)24-22(27)15-25(2)16-23(28)26(20-10-11-20)14-18-6-12-21(29-3)13-7-18/h4-9,12-13,20H,10-11,14-16H2,1-3H3,(H,24,27). The molecule has 0 saturated heterocycles. The van der Waals surface area contributed by atoms with Crippen molar-refractivity contribution < 1.29 is 14.3 Å². The Morgan fingerprint density at radius 3 is 2.28 bits per heavy atom. The fourth-order valence-electron chi connectivity index (χ4n) is 3.19. The molecule has 0 unspecified atom stereocenters. The summed E-state index contributed by atoms with van der Waals surface area (Å²) in [5.74, 6) is 0.726. The van der Waals surface area contributed by atoms with Gasteiger partial charge in [-0.25, -0.2) is 0 Å². The van der Waals surface area contributed by atoms with Crippen LogP contribution in [0, 0.1) is 6.92 Å². The number of nitrogens with zero attached hydrogens (tertiary/aromatic N) is 2. The minimum Gasteiger partial charge on any atom is -0.497 e. The van der Waals surface area contributed by atoms with Crippen molar-refractivity contribution in [2.45, 2.75) is 32.4 Å². The van der Waals surface area contributed by atoms with Crippen molar-refractivity contribution in [1.29, 1.82) is 0 Å². The van der Waals surface area contributed by atoms with Gasteiger partial charge in [0, 0.05) is 18.3 Å².